The summed E-state index contributed by atoms with van der Waals surface area (Å²) in [5.41, 5.74) is 5.28. The van der Waals surface area contributed by atoms with Crippen molar-refractivity contribution in [3.05, 3.63) is 71.0 Å². The summed E-state index contributed by atoms with van der Waals surface area (Å²) in [6.07, 6.45) is 1.94. The lowest BCUT2D eigenvalue weighted by molar-refractivity contribution is -0.000376. The van der Waals surface area contributed by atoms with Crippen LogP contribution >= 0.6 is 0 Å². The number of rotatable bonds is 4. The minimum atomic E-state index is 0.0587. The molecule has 28 heavy (non-hydrogen) atoms. The molecule has 1 saturated heterocycles. The zero-order valence-electron chi connectivity index (χ0n) is 16.4. The molecule has 5 nitrogen and oxygen atoms in total. The number of carbonyl (C=O) groups excluding carboxylic acids is 1. The summed E-state index contributed by atoms with van der Waals surface area (Å²) in [5, 5.41) is 0. The van der Waals surface area contributed by atoms with Gasteiger partial charge in [0.1, 0.15) is 0 Å². The van der Waals surface area contributed by atoms with E-state index < -0.39 is 0 Å². The van der Waals surface area contributed by atoms with Crippen molar-refractivity contribution >= 4 is 16.9 Å². The zero-order valence-corrected chi connectivity index (χ0v) is 16.4. The molecule has 144 valence electrons. The summed E-state index contributed by atoms with van der Waals surface area (Å²) in [6.45, 7) is 5.95. The molecular formula is C23H25N3O2. The highest BCUT2D eigenvalue weighted by Gasteiger charge is 2.24. The van der Waals surface area contributed by atoms with Crippen LogP contribution in [0.3, 0.4) is 0 Å². The molecule has 3 aromatic rings. The lowest BCUT2D eigenvalue weighted by Crippen LogP contribution is -2.40. The average Bonchev–Trinajstić information content (AvgIpc) is 2.73. The molecule has 5 heteroatoms. The highest BCUT2D eigenvalue weighted by molar-refractivity contribution is 5.97. The van der Waals surface area contributed by atoms with E-state index in [4.69, 9.17) is 4.74 Å². The molecule has 0 bridgehead atoms. The van der Waals surface area contributed by atoms with Crippen molar-refractivity contribution in [2.24, 2.45) is 0 Å². The fourth-order valence-corrected chi connectivity index (χ4v) is 3.56. The third-order valence-corrected chi connectivity index (χ3v) is 5.38. The Kier molecular flexibility index (Phi) is 5.35. The number of fused-ring (bicyclic) bond motifs is 1. The van der Waals surface area contributed by atoms with Crippen molar-refractivity contribution < 1.29 is 9.53 Å². The molecule has 0 atom stereocenters. The molecule has 1 amide bonds. The van der Waals surface area contributed by atoms with Crippen molar-refractivity contribution in [2.45, 2.75) is 39.4 Å². The number of nitrogens with zero attached hydrogens (tertiary/aromatic N) is 3. The molecule has 0 radical (unpaired) electrons. The number of benzene rings is 2. The summed E-state index contributed by atoms with van der Waals surface area (Å²) in [7, 11) is 0. The van der Waals surface area contributed by atoms with Crippen molar-refractivity contribution in [3.63, 3.8) is 0 Å². The number of aryl methyl sites for hydroxylation is 2. The second kappa shape index (κ2) is 8.07. The maximum absolute atomic E-state index is 12.9. The summed E-state index contributed by atoms with van der Waals surface area (Å²) in [6, 6.07) is 15.8. The number of aromatic nitrogens is 2. The third-order valence-electron chi connectivity index (χ3n) is 5.38. The molecule has 0 spiro atoms. The van der Waals surface area contributed by atoms with E-state index in [1.165, 1.54) is 5.56 Å². The first-order chi connectivity index (χ1) is 13.6. The van der Waals surface area contributed by atoms with Gasteiger partial charge in [-0.1, -0.05) is 30.3 Å². The van der Waals surface area contributed by atoms with Gasteiger partial charge in [-0.05, 0) is 50.5 Å². The lowest BCUT2D eigenvalue weighted by atomic mass is 10.1. The van der Waals surface area contributed by atoms with Gasteiger partial charge in [0.25, 0.3) is 5.91 Å². The van der Waals surface area contributed by atoms with E-state index in [2.05, 4.69) is 22.1 Å². The Morgan fingerprint density at radius 1 is 1.00 bits per heavy atom. The first kappa shape index (κ1) is 18.6. The van der Waals surface area contributed by atoms with Crippen LogP contribution in [0.2, 0.25) is 0 Å². The van der Waals surface area contributed by atoms with E-state index in [1.807, 2.05) is 55.1 Å². The molecule has 2 aromatic carbocycles. The molecule has 4 rings (SSSR count). The molecule has 0 N–H and O–H groups in total. The van der Waals surface area contributed by atoms with Gasteiger partial charge in [0.05, 0.1) is 35.1 Å². The highest BCUT2D eigenvalue weighted by Crippen LogP contribution is 2.20. The SMILES string of the molecule is Cc1nc2ccc(C(=O)N3CCC(OCc4ccccc4)CC3)cc2nc1C. The van der Waals surface area contributed by atoms with Gasteiger partial charge in [-0.25, -0.2) is 9.97 Å². The Morgan fingerprint density at radius 2 is 1.68 bits per heavy atom. The second-order valence-corrected chi connectivity index (χ2v) is 7.39. The van der Waals surface area contributed by atoms with Gasteiger partial charge < -0.3 is 9.64 Å². The van der Waals surface area contributed by atoms with E-state index in [-0.39, 0.29) is 12.0 Å². The van der Waals surface area contributed by atoms with Crippen LogP contribution in [0.5, 0.6) is 0 Å². The van der Waals surface area contributed by atoms with E-state index in [1.54, 1.807) is 0 Å². The minimum absolute atomic E-state index is 0.0587. The minimum Gasteiger partial charge on any atom is -0.373 e. The molecule has 1 aliphatic rings. The van der Waals surface area contributed by atoms with Crippen molar-refractivity contribution in [1.29, 1.82) is 0 Å². The van der Waals surface area contributed by atoms with Gasteiger partial charge in [0.15, 0.2) is 0 Å². The molecule has 1 aromatic heterocycles. The largest absolute Gasteiger partial charge is 0.373 e. The normalized spacial score (nSPS) is 15.1. The first-order valence-corrected chi connectivity index (χ1v) is 9.80. The van der Waals surface area contributed by atoms with Crippen molar-refractivity contribution in [2.75, 3.05) is 13.1 Å². The van der Waals surface area contributed by atoms with Crippen LogP contribution in [0.4, 0.5) is 0 Å². The molecule has 0 aliphatic carbocycles. The monoisotopic (exact) mass is 375 g/mol. The summed E-state index contributed by atoms with van der Waals surface area (Å²) >= 11 is 0. The van der Waals surface area contributed by atoms with Crippen LogP contribution in [0.25, 0.3) is 11.0 Å². The third kappa shape index (κ3) is 4.04. The summed E-state index contributed by atoms with van der Waals surface area (Å²) < 4.78 is 6.03. The van der Waals surface area contributed by atoms with E-state index >= 15 is 0 Å². The predicted molar refractivity (Wildman–Crippen MR) is 109 cm³/mol. The quantitative estimate of drug-likeness (QED) is 0.690. The van der Waals surface area contributed by atoms with Gasteiger partial charge in [-0.3, -0.25) is 4.79 Å². The average molecular weight is 375 g/mol. The Labute approximate surface area is 165 Å². The number of carbonyl (C=O) groups is 1. The Bertz CT molecular complexity index is 980. The number of amides is 1. The van der Waals surface area contributed by atoms with Crippen LogP contribution < -0.4 is 0 Å². The van der Waals surface area contributed by atoms with E-state index in [9.17, 15) is 4.79 Å². The highest BCUT2D eigenvalue weighted by atomic mass is 16.5. The van der Waals surface area contributed by atoms with Gasteiger partial charge in [0, 0.05) is 18.7 Å². The molecular weight excluding hydrogens is 350 g/mol. The molecule has 1 aliphatic heterocycles. The van der Waals surface area contributed by atoms with Crippen molar-refractivity contribution in [3.8, 4) is 0 Å². The fourth-order valence-electron chi connectivity index (χ4n) is 3.56. The fraction of sp³-hybridized carbons (Fsp3) is 0.348. The summed E-state index contributed by atoms with van der Waals surface area (Å²) in [4.78, 5) is 23.9. The standard InChI is InChI=1S/C23H25N3O2/c1-16-17(2)25-22-14-19(8-9-21(22)24-16)23(27)26-12-10-20(11-13-26)28-15-18-6-4-3-5-7-18/h3-9,14,20H,10-13,15H2,1-2H3. The number of piperidine rings is 1. The Morgan fingerprint density at radius 3 is 2.39 bits per heavy atom. The first-order valence-electron chi connectivity index (χ1n) is 9.80. The topological polar surface area (TPSA) is 55.3 Å². The van der Waals surface area contributed by atoms with Crippen LogP contribution in [0.1, 0.15) is 40.2 Å². The van der Waals surface area contributed by atoms with Gasteiger partial charge >= 0.3 is 0 Å². The number of hydrogen-bond acceptors (Lipinski definition) is 4. The van der Waals surface area contributed by atoms with Crippen molar-refractivity contribution in [1.82, 2.24) is 14.9 Å². The number of hydrogen-bond donors (Lipinski definition) is 0. The van der Waals surface area contributed by atoms with Crippen LogP contribution in [-0.2, 0) is 11.3 Å². The van der Waals surface area contributed by atoms with Crippen LogP contribution in [0.15, 0.2) is 48.5 Å². The lowest BCUT2D eigenvalue weighted by Gasteiger charge is -2.32. The molecule has 1 fully saturated rings. The summed E-state index contributed by atoms with van der Waals surface area (Å²) in [5.74, 6) is 0.0587. The molecule has 0 saturated carbocycles. The maximum Gasteiger partial charge on any atom is 0.253 e. The second-order valence-electron chi connectivity index (χ2n) is 7.39. The predicted octanol–water partition coefficient (Wildman–Crippen LogP) is 4.07. The van der Waals surface area contributed by atoms with E-state index in [0.29, 0.717) is 12.2 Å². The van der Waals surface area contributed by atoms with E-state index in [0.717, 1.165) is 48.4 Å². The maximum atomic E-state index is 12.9. The molecule has 0 unspecified atom stereocenters. The Hall–Kier alpha value is -2.79. The Balaban J connectivity index is 1.37. The van der Waals surface area contributed by atoms with Crippen LogP contribution in [0, 0.1) is 13.8 Å². The van der Waals surface area contributed by atoms with Gasteiger partial charge in [-0.15, -0.1) is 0 Å². The molecule has 2 heterocycles. The number of ether oxygens (including phenoxy) is 1. The van der Waals surface area contributed by atoms with Gasteiger partial charge in [0.2, 0.25) is 0 Å². The zero-order chi connectivity index (χ0) is 19.5. The van der Waals surface area contributed by atoms with Gasteiger partial charge in [-0.2, -0.15) is 0 Å². The number of likely N-dealkylation sites (tertiary alicyclic amines) is 1. The smallest absolute Gasteiger partial charge is 0.253 e. The van der Waals surface area contributed by atoms with Crippen LogP contribution in [-0.4, -0.2) is 40.0 Å².